The van der Waals surface area contributed by atoms with Crippen LogP contribution in [0.25, 0.3) is 6.08 Å². The lowest BCUT2D eigenvalue weighted by molar-refractivity contribution is 0.275. The van der Waals surface area contributed by atoms with Crippen molar-refractivity contribution in [1.82, 2.24) is 19.8 Å². The van der Waals surface area contributed by atoms with Crippen molar-refractivity contribution in [2.75, 3.05) is 50.9 Å². The lowest BCUT2D eigenvalue weighted by Crippen LogP contribution is -2.47. The van der Waals surface area contributed by atoms with E-state index in [4.69, 9.17) is 4.99 Å². The van der Waals surface area contributed by atoms with Gasteiger partial charge >= 0.3 is 0 Å². The summed E-state index contributed by atoms with van der Waals surface area (Å²) in [6, 6.07) is 0.776. The van der Waals surface area contributed by atoms with Gasteiger partial charge in [0, 0.05) is 38.9 Å². The van der Waals surface area contributed by atoms with Gasteiger partial charge < -0.3 is 15.5 Å². The van der Waals surface area contributed by atoms with Crippen molar-refractivity contribution in [2.24, 2.45) is 10.9 Å². The molecule has 2 aliphatic carbocycles. The SMILES string of the molecule is CCCCCN(C)C1=C[C@H]2C(=NCCN2CC)C(CC2CCC(Nc3ncnc(NC)c3/C=C(/C)CC)CC2)=C1. The summed E-state index contributed by atoms with van der Waals surface area (Å²) in [6.07, 6.45) is 19.6. The Bertz CT molecular complexity index is 1090. The molecule has 7 nitrogen and oxygen atoms in total. The molecule has 0 bridgehead atoms. The van der Waals surface area contributed by atoms with Gasteiger partial charge in [0.15, 0.2) is 0 Å². The highest BCUT2D eigenvalue weighted by Gasteiger charge is 2.32. The van der Waals surface area contributed by atoms with E-state index in [1.165, 1.54) is 67.5 Å². The van der Waals surface area contributed by atoms with Crippen LogP contribution in [0.3, 0.4) is 0 Å². The molecular weight excluding hydrogens is 494 g/mol. The Hall–Kier alpha value is -2.67. The lowest BCUT2D eigenvalue weighted by Gasteiger charge is -2.39. The second kappa shape index (κ2) is 14.8. The van der Waals surface area contributed by atoms with Gasteiger partial charge in [0.1, 0.15) is 18.0 Å². The number of aliphatic imine (C=N–C) groups is 1. The Kier molecular flexibility index (Phi) is 11.2. The average Bonchev–Trinajstić information content (AvgIpc) is 2.98. The minimum atomic E-state index is 0.331. The predicted octanol–water partition coefficient (Wildman–Crippen LogP) is 6.78. The maximum Gasteiger partial charge on any atom is 0.139 e. The van der Waals surface area contributed by atoms with Crippen LogP contribution in [0.15, 0.2) is 40.3 Å². The maximum atomic E-state index is 5.10. The number of hydrogen-bond acceptors (Lipinski definition) is 7. The van der Waals surface area contributed by atoms with Gasteiger partial charge in [0.25, 0.3) is 0 Å². The molecule has 1 aromatic heterocycles. The molecule has 0 unspecified atom stereocenters. The summed E-state index contributed by atoms with van der Waals surface area (Å²) in [6.45, 7) is 13.1. The molecule has 0 aromatic carbocycles. The van der Waals surface area contributed by atoms with Crippen LogP contribution < -0.4 is 10.6 Å². The zero-order valence-electron chi connectivity index (χ0n) is 26.0. The molecule has 40 heavy (non-hydrogen) atoms. The third-order valence-corrected chi connectivity index (χ3v) is 9.03. The van der Waals surface area contributed by atoms with E-state index in [0.717, 1.165) is 56.2 Å². The summed E-state index contributed by atoms with van der Waals surface area (Å²) in [7, 11) is 4.20. The van der Waals surface area contributed by atoms with Crippen molar-refractivity contribution in [3.05, 3.63) is 40.9 Å². The summed E-state index contributed by atoms with van der Waals surface area (Å²) < 4.78 is 0. The van der Waals surface area contributed by atoms with Crippen molar-refractivity contribution in [3.8, 4) is 0 Å². The van der Waals surface area contributed by atoms with Crippen LogP contribution in [0.2, 0.25) is 0 Å². The lowest BCUT2D eigenvalue weighted by atomic mass is 9.79. The Balaban J connectivity index is 1.43. The van der Waals surface area contributed by atoms with E-state index in [-0.39, 0.29) is 0 Å². The molecule has 0 radical (unpaired) electrons. The number of anilines is 2. The molecule has 0 spiro atoms. The number of rotatable bonds is 13. The molecule has 0 saturated heterocycles. The van der Waals surface area contributed by atoms with Crippen LogP contribution >= 0.6 is 0 Å². The van der Waals surface area contributed by atoms with Gasteiger partial charge in [0.05, 0.1) is 23.9 Å². The summed E-state index contributed by atoms with van der Waals surface area (Å²) in [5.41, 5.74) is 6.60. The standard InChI is InChI=1S/C33H53N7/c1-7-10-11-17-39(6)28-21-26(31-30(22-28)40(9-3)18-16-35-31)20-25-12-14-27(15-13-25)38-33-29(19-24(4)8-2)32(34-5)36-23-37-33/h19,21-23,25,27,30H,7-18,20H2,1-6H3,(H2,34,36,37,38)/b24-19-/t25?,27?,30-/m0/s1. The highest BCUT2D eigenvalue weighted by atomic mass is 15.2. The van der Waals surface area contributed by atoms with Crippen LogP contribution in [0, 0.1) is 5.92 Å². The molecule has 220 valence electrons. The highest BCUT2D eigenvalue weighted by molar-refractivity contribution is 6.07. The Labute approximate surface area is 243 Å². The zero-order valence-corrected chi connectivity index (χ0v) is 26.0. The van der Waals surface area contributed by atoms with Gasteiger partial charge in [-0.3, -0.25) is 9.89 Å². The van der Waals surface area contributed by atoms with E-state index in [9.17, 15) is 0 Å². The number of nitrogens with one attached hydrogen (secondary N) is 2. The van der Waals surface area contributed by atoms with Gasteiger partial charge in [-0.2, -0.15) is 0 Å². The van der Waals surface area contributed by atoms with E-state index >= 15 is 0 Å². The average molecular weight is 548 g/mol. The maximum absolute atomic E-state index is 5.10. The van der Waals surface area contributed by atoms with Crippen molar-refractivity contribution in [1.29, 1.82) is 0 Å². The number of likely N-dealkylation sites (N-methyl/N-ethyl adjacent to an activating group) is 2. The van der Waals surface area contributed by atoms with Crippen LogP contribution in [0.4, 0.5) is 11.6 Å². The Morgan fingerprint density at radius 1 is 1.10 bits per heavy atom. The van der Waals surface area contributed by atoms with Crippen LogP contribution in [0.5, 0.6) is 0 Å². The van der Waals surface area contributed by atoms with Gasteiger partial charge in [-0.15, -0.1) is 0 Å². The summed E-state index contributed by atoms with van der Waals surface area (Å²) in [4.78, 5) is 19.3. The van der Waals surface area contributed by atoms with Gasteiger partial charge in [-0.25, -0.2) is 9.97 Å². The number of unbranched alkanes of at least 4 members (excludes halogenated alkanes) is 2. The second-order valence-electron chi connectivity index (χ2n) is 11.9. The summed E-state index contributed by atoms with van der Waals surface area (Å²) in [5, 5.41) is 7.03. The fourth-order valence-corrected chi connectivity index (χ4v) is 6.34. The first-order chi connectivity index (χ1) is 19.5. The number of fused-ring (bicyclic) bond motifs is 1. The minimum absolute atomic E-state index is 0.331. The number of allylic oxidation sites excluding steroid dienone is 2. The summed E-state index contributed by atoms with van der Waals surface area (Å²) in [5.74, 6) is 2.54. The predicted molar refractivity (Wildman–Crippen MR) is 171 cm³/mol. The first-order valence-corrected chi connectivity index (χ1v) is 15.9. The Morgan fingerprint density at radius 3 is 2.58 bits per heavy atom. The van der Waals surface area contributed by atoms with Gasteiger partial charge in [-0.05, 0) is 88.1 Å². The van der Waals surface area contributed by atoms with E-state index in [1.54, 1.807) is 6.33 Å². The molecule has 1 atom stereocenters. The molecule has 1 aliphatic heterocycles. The van der Waals surface area contributed by atoms with Crippen LogP contribution in [0.1, 0.15) is 91.0 Å². The minimum Gasteiger partial charge on any atom is -0.375 e. The monoisotopic (exact) mass is 547 g/mol. The third kappa shape index (κ3) is 7.54. The van der Waals surface area contributed by atoms with Crippen LogP contribution in [-0.2, 0) is 0 Å². The molecule has 2 N–H and O–H groups in total. The van der Waals surface area contributed by atoms with Crippen molar-refractivity contribution in [3.63, 3.8) is 0 Å². The van der Waals surface area contributed by atoms with Crippen LogP contribution in [-0.4, -0.2) is 77.8 Å². The first kappa shape index (κ1) is 30.3. The van der Waals surface area contributed by atoms with Crippen molar-refractivity contribution < 1.29 is 0 Å². The second-order valence-corrected chi connectivity index (χ2v) is 11.9. The molecule has 4 rings (SSSR count). The molecule has 3 aliphatic rings. The molecule has 1 saturated carbocycles. The molecule has 0 amide bonds. The number of aromatic nitrogens is 2. The van der Waals surface area contributed by atoms with E-state index < -0.39 is 0 Å². The first-order valence-electron chi connectivity index (χ1n) is 15.9. The van der Waals surface area contributed by atoms with Gasteiger partial charge in [-0.1, -0.05) is 39.2 Å². The smallest absolute Gasteiger partial charge is 0.139 e. The molecular formula is C33H53N7. The Morgan fingerprint density at radius 2 is 1.88 bits per heavy atom. The largest absolute Gasteiger partial charge is 0.375 e. The number of nitrogens with zero attached hydrogens (tertiary/aromatic N) is 5. The summed E-state index contributed by atoms with van der Waals surface area (Å²) >= 11 is 0. The molecule has 1 aromatic rings. The van der Waals surface area contributed by atoms with Crippen molar-refractivity contribution in [2.45, 2.75) is 97.6 Å². The quantitative estimate of drug-likeness (QED) is 0.265. The molecule has 7 heteroatoms. The highest BCUT2D eigenvalue weighted by Crippen LogP contribution is 2.35. The fourth-order valence-electron chi connectivity index (χ4n) is 6.34. The van der Waals surface area contributed by atoms with Crippen molar-refractivity contribution >= 4 is 23.4 Å². The third-order valence-electron chi connectivity index (χ3n) is 9.03. The van der Waals surface area contributed by atoms with E-state index in [0.29, 0.717) is 18.0 Å². The number of hydrogen-bond donors (Lipinski definition) is 2. The van der Waals surface area contributed by atoms with E-state index in [1.807, 2.05) is 7.05 Å². The van der Waals surface area contributed by atoms with E-state index in [2.05, 4.69) is 83.4 Å². The molecule has 2 heterocycles. The zero-order chi connectivity index (χ0) is 28.5. The topological polar surface area (TPSA) is 68.7 Å². The fraction of sp³-hybridized carbons (Fsp3) is 0.667. The van der Waals surface area contributed by atoms with Gasteiger partial charge in [0.2, 0.25) is 0 Å². The molecule has 1 fully saturated rings. The normalized spacial score (nSPS) is 23.6.